The van der Waals surface area contributed by atoms with Crippen LogP contribution in [0.2, 0.25) is 0 Å². The molecule has 0 aliphatic carbocycles. The summed E-state index contributed by atoms with van der Waals surface area (Å²) in [5.74, 6) is -0.898. The lowest BCUT2D eigenvalue weighted by molar-refractivity contribution is 0.0697. The third-order valence-electron chi connectivity index (χ3n) is 4.21. The molecule has 0 spiro atoms. The molecule has 3 nitrogen and oxygen atoms in total. The SMILES string of the molecule is CN(C/C=C/c1ccc(C(=O)O)cc1)Cc1cccc2ccccc12. The molecule has 0 heterocycles. The van der Waals surface area contributed by atoms with Gasteiger partial charge in [-0.15, -0.1) is 0 Å². The number of aromatic carboxylic acids is 1. The maximum absolute atomic E-state index is 10.9. The molecule has 3 rings (SSSR count). The molecule has 0 bridgehead atoms. The van der Waals surface area contributed by atoms with Gasteiger partial charge in [0.2, 0.25) is 0 Å². The van der Waals surface area contributed by atoms with Crippen LogP contribution in [0.3, 0.4) is 0 Å². The molecule has 0 aliphatic heterocycles. The quantitative estimate of drug-likeness (QED) is 0.713. The summed E-state index contributed by atoms with van der Waals surface area (Å²) in [6.45, 7) is 1.70. The van der Waals surface area contributed by atoms with Crippen molar-refractivity contribution in [3.05, 3.63) is 89.5 Å². The number of nitrogens with zero attached hydrogens (tertiary/aromatic N) is 1. The van der Waals surface area contributed by atoms with Crippen molar-refractivity contribution in [3.8, 4) is 0 Å². The van der Waals surface area contributed by atoms with Crippen LogP contribution < -0.4 is 0 Å². The lowest BCUT2D eigenvalue weighted by Crippen LogP contribution is -2.17. The zero-order chi connectivity index (χ0) is 17.6. The molecular formula is C22H21NO2. The van der Waals surface area contributed by atoms with Gasteiger partial charge in [0.25, 0.3) is 0 Å². The second kappa shape index (κ2) is 7.77. The minimum absolute atomic E-state index is 0.310. The lowest BCUT2D eigenvalue weighted by atomic mass is 10.0. The van der Waals surface area contributed by atoms with E-state index in [-0.39, 0.29) is 0 Å². The third kappa shape index (κ3) is 4.34. The van der Waals surface area contributed by atoms with Gasteiger partial charge in [-0.2, -0.15) is 0 Å². The van der Waals surface area contributed by atoms with Crippen LogP contribution in [0.25, 0.3) is 16.8 Å². The normalized spacial score (nSPS) is 11.4. The van der Waals surface area contributed by atoms with E-state index in [1.807, 2.05) is 18.2 Å². The average molecular weight is 331 g/mol. The fraction of sp³-hybridized carbons (Fsp3) is 0.136. The number of likely N-dealkylation sites (N-methyl/N-ethyl adjacent to an activating group) is 1. The Hall–Kier alpha value is -2.91. The number of benzene rings is 3. The lowest BCUT2D eigenvalue weighted by Gasteiger charge is -2.16. The number of hydrogen-bond donors (Lipinski definition) is 1. The zero-order valence-electron chi connectivity index (χ0n) is 14.2. The molecule has 0 amide bonds. The first kappa shape index (κ1) is 16.9. The van der Waals surface area contributed by atoms with E-state index >= 15 is 0 Å². The van der Waals surface area contributed by atoms with Crippen LogP contribution in [-0.4, -0.2) is 29.6 Å². The second-order valence-electron chi connectivity index (χ2n) is 6.16. The van der Waals surface area contributed by atoms with Gasteiger partial charge in [-0.05, 0) is 41.1 Å². The van der Waals surface area contributed by atoms with E-state index in [4.69, 9.17) is 5.11 Å². The molecule has 3 aromatic carbocycles. The molecule has 126 valence electrons. The van der Waals surface area contributed by atoms with Crippen molar-refractivity contribution in [1.82, 2.24) is 4.90 Å². The highest BCUT2D eigenvalue weighted by Gasteiger charge is 2.03. The summed E-state index contributed by atoms with van der Waals surface area (Å²) in [5.41, 5.74) is 2.63. The van der Waals surface area contributed by atoms with E-state index in [1.54, 1.807) is 12.1 Å². The summed E-state index contributed by atoms with van der Waals surface area (Å²) >= 11 is 0. The van der Waals surface area contributed by atoms with Crippen molar-refractivity contribution in [2.75, 3.05) is 13.6 Å². The number of carboxylic acids is 1. The number of carboxylic acid groups (broad SMARTS) is 1. The van der Waals surface area contributed by atoms with Crippen molar-refractivity contribution in [2.45, 2.75) is 6.54 Å². The first-order valence-electron chi connectivity index (χ1n) is 8.28. The predicted molar refractivity (Wildman–Crippen MR) is 103 cm³/mol. The van der Waals surface area contributed by atoms with Gasteiger partial charge in [0.05, 0.1) is 5.56 Å². The molecule has 0 saturated carbocycles. The van der Waals surface area contributed by atoms with E-state index in [0.717, 1.165) is 18.7 Å². The number of hydrogen-bond acceptors (Lipinski definition) is 2. The summed E-state index contributed by atoms with van der Waals surface area (Å²) < 4.78 is 0. The first-order valence-corrected chi connectivity index (χ1v) is 8.28. The zero-order valence-corrected chi connectivity index (χ0v) is 14.2. The minimum Gasteiger partial charge on any atom is -0.478 e. The van der Waals surface area contributed by atoms with E-state index in [2.05, 4.69) is 60.5 Å². The highest BCUT2D eigenvalue weighted by molar-refractivity contribution is 5.87. The van der Waals surface area contributed by atoms with E-state index in [0.29, 0.717) is 5.56 Å². The Balaban J connectivity index is 1.62. The Morgan fingerprint density at radius 3 is 2.48 bits per heavy atom. The molecule has 25 heavy (non-hydrogen) atoms. The van der Waals surface area contributed by atoms with Gasteiger partial charge in [-0.1, -0.05) is 66.7 Å². The van der Waals surface area contributed by atoms with Crippen LogP contribution in [0.5, 0.6) is 0 Å². The Kier molecular flexibility index (Phi) is 5.26. The maximum atomic E-state index is 10.9. The smallest absolute Gasteiger partial charge is 0.335 e. The van der Waals surface area contributed by atoms with E-state index in [9.17, 15) is 4.79 Å². The predicted octanol–water partition coefficient (Wildman–Crippen LogP) is 4.68. The molecule has 0 aromatic heterocycles. The van der Waals surface area contributed by atoms with E-state index < -0.39 is 5.97 Å². The highest BCUT2D eigenvalue weighted by Crippen LogP contribution is 2.19. The molecule has 0 atom stereocenters. The Bertz CT molecular complexity index is 892. The van der Waals surface area contributed by atoms with Gasteiger partial charge < -0.3 is 5.11 Å². The number of fused-ring (bicyclic) bond motifs is 1. The molecule has 0 unspecified atom stereocenters. The van der Waals surface area contributed by atoms with Crippen molar-refractivity contribution in [3.63, 3.8) is 0 Å². The van der Waals surface area contributed by atoms with Crippen molar-refractivity contribution >= 4 is 22.8 Å². The molecule has 3 aromatic rings. The van der Waals surface area contributed by atoms with Crippen LogP contribution in [0.4, 0.5) is 0 Å². The first-order chi connectivity index (χ1) is 12.1. The van der Waals surface area contributed by atoms with Crippen molar-refractivity contribution < 1.29 is 9.90 Å². The molecular weight excluding hydrogens is 310 g/mol. The minimum atomic E-state index is -0.898. The van der Waals surface area contributed by atoms with Gasteiger partial charge in [0.15, 0.2) is 0 Å². The van der Waals surface area contributed by atoms with Crippen LogP contribution in [0.15, 0.2) is 72.8 Å². The van der Waals surface area contributed by atoms with Gasteiger partial charge in [-0.25, -0.2) is 4.79 Å². The van der Waals surface area contributed by atoms with Crippen LogP contribution in [-0.2, 0) is 6.54 Å². The van der Waals surface area contributed by atoms with Crippen LogP contribution in [0, 0.1) is 0 Å². The maximum Gasteiger partial charge on any atom is 0.335 e. The van der Waals surface area contributed by atoms with E-state index in [1.165, 1.54) is 16.3 Å². The second-order valence-corrected chi connectivity index (χ2v) is 6.16. The fourth-order valence-corrected chi connectivity index (χ4v) is 2.89. The third-order valence-corrected chi connectivity index (χ3v) is 4.21. The largest absolute Gasteiger partial charge is 0.478 e. The van der Waals surface area contributed by atoms with Crippen molar-refractivity contribution in [2.24, 2.45) is 0 Å². The van der Waals surface area contributed by atoms with Gasteiger partial charge in [-0.3, -0.25) is 4.90 Å². The van der Waals surface area contributed by atoms with Gasteiger partial charge in [0.1, 0.15) is 0 Å². The standard InChI is InChI=1S/C22H21NO2/c1-23(15-5-6-17-11-13-19(14-12-17)22(24)25)16-20-9-4-8-18-7-2-3-10-21(18)20/h2-14H,15-16H2,1H3,(H,24,25)/b6-5+. The van der Waals surface area contributed by atoms with Gasteiger partial charge >= 0.3 is 5.97 Å². The Labute approximate surface area is 147 Å². The number of rotatable bonds is 6. The molecule has 1 N–H and O–H groups in total. The molecule has 0 aliphatic rings. The summed E-state index contributed by atoms with van der Waals surface area (Å²) in [6.07, 6.45) is 4.12. The number of carbonyl (C=O) groups is 1. The summed E-state index contributed by atoms with van der Waals surface area (Å²) in [5, 5.41) is 11.5. The molecule has 0 radical (unpaired) electrons. The Morgan fingerprint density at radius 2 is 1.72 bits per heavy atom. The topological polar surface area (TPSA) is 40.5 Å². The van der Waals surface area contributed by atoms with Gasteiger partial charge in [0, 0.05) is 13.1 Å². The fourth-order valence-electron chi connectivity index (χ4n) is 2.89. The molecule has 0 saturated heterocycles. The van der Waals surface area contributed by atoms with Crippen molar-refractivity contribution in [1.29, 1.82) is 0 Å². The molecule has 0 fully saturated rings. The summed E-state index contributed by atoms with van der Waals surface area (Å²) in [4.78, 5) is 13.1. The van der Waals surface area contributed by atoms with Crippen LogP contribution >= 0.6 is 0 Å². The Morgan fingerprint density at radius 1 is 1.00 bits per heavy atom. The average Bonchev–Trinajstić information content (AvgIpc) is 2.62. The molecule has 3 heteroatoms. The summed E-state index contributed by atoms with van der Waals surface area (Å²) in [6, 6.07) is 21.8. The highest BCUT2D eigenvalue weighted by atomic mass is 16.4. The van der Waals surface area contributed by atoms with Crippen LogP contribution in [0.1, 0.15) is 21.5 Å². The monoisotopic (exact) mass is 331 g/mol. The summed E-state index contributed by atoms with van der Waals surface area (Å²) in [7, 11) is 2.10.